The van der Waals surface area contributed by atoms with Crippen LogP contribution in [0.25, 0.3) is 0 Å². The maximum Gasteiger partial charge on any atom is 0.0648 e. The van der Waals surface area contributed by atoms with Gasteiger partial charge >= 0.3 is 0 Å². The van der Waals surface area contributed by atoms with E-state index in [0.717, 1.165) is 12.5 Å². The first-order chi connectivity index (χ1) is 5.33. The minimum Gasteiger partial charge on any atom is -0.374 e. The highest BCUT2D eigenvalue weighted by Gasteiger charge is 2.18. The van der Waals surface area contributed by atoms with Crippen LogP contribution in [0.4, 0.5) is 0 Å². The molecule has 64 valence electrons. The third kappa shape index (κ3) is 3.06. The average Bonchev–Trinajstić information content (AvgIpc) is 2.01. The zero-order valence-electron chi connectivity index (χ0n) is 7.38. The van der Waals surface area contributed by atoms with Gasteiger partial charge in [-0.1, -0.05) is 25.8 Å². The van der Waals surface area contributed by atoms with Crippen LogP contribution in [-0.2, 0) is 4.74 Å². The van der Waals surface area contributed by atoms with Crippen molar-refractivity contribution in [1.29, 1.82) is 0 Å². The molecule has 0 aromatic rings. The summed E-state index contributed by atoms with van der Waals surface area (Å²) in [5.41, 5.74) is 0. The van der Waals surface area contributed by atoms with Crippen LogP contribution in [0.3, 0.4) is 0 Å². The standard InChI is InChI=1S/C10H18O/c1-3-7-11-10-6-4-5-9(2)8-10/h3,9-10H,1,4-8H2,2H3. The Kier molecular flexibility index (Phi) is 3.64. The molecule has 0 radical (unpaired) electrons. The topological polar surface area (TPSA) is 9.23 Å². The summed E-state index contributed by atoms with van der Waals surface area (Å²) in [6.45, 7) is 6.67. The van der Waals surface area contributed by atoms with Gasteiger partial charge in [0.05, 0.1) is 12.7 Å². The molecule has 0 bridgehead atoms. The first-order valence-electron chi connectivity index (χ1n) is 4.55. The first kappa shape index (κ1) is 8.79. The van der Waals surface area contributed by atoms with Gasteiger partial charge in [0.15, 0.2) is 0 Å². The van der Waals surface area contributed by atoms with Crippen molar-refractivity contribution in [3.63, 3.8) is 0 Å². The summed E-state index contributed by atoms with van der Waals surface area (Å²) < 4.78 is 5.58. The predicted octanol–water partition coefficient (Wildman–Crippen LogP) is 2.77. The molecule has 0 saturated heterocycles. The lowest BCUT2D eigenvalue weighted by atomic mass is 9.89. The zero-order chi connectivity index (χ0) is 8.10. The highest BCUT2D eigenvalue weighted by atomic mass is 16.5. The molecular weight excluding hydrogens is 136 g/mol. The number of hydrogen-bond donors (Lipinski definition) is 0. The van der Waals surface area contributed by atoms with Crippen molar-refractivity contribution in [1.82, 2.24) is 0 Å². The molecule has 1 nitrogen and oxygen atoms in total. The molecule has 0 heterocycles. The van der Waals surface area contributed by atoms with Crippen LogP contribution in [0, 0.1) is 5.92 Å². The maximum absolute atomic E-state index is 5.58. The van der Waals surface area contributed by atoms with Crippen LogP contribution in [0.15, 0.2) is 12.7 Å². The maximum atomic E-state index is 5.58. The van der Waals surface area contributed by atoms with Gasteiger partial charge in [0, 0.05) is 0 Å². The molecule has 1 aliphatic carbocycles. The van der Waals surface area contributed by atoms with Crippen LogP contribution in [0.5, 0.6) is 0 Å². The van der Waals surface area contributed by atoms with Gasteiger partial charge in [-0.05, 0) is 18.8 Å². The molecule has 1 heteroatoms. The van der Waals surface area contributed by atoms with E-state index in [1.54, 1.807) is 0 Å². The zero-order valence-corrected chi connectivity index (χ0v) is 7.38. The smallest absolute Gasteiger partial charge is 0.0648 e. The number of hydrogen-bond acceptors (Lipinski definition) is 1. The quantitative estimate of drug-likeness (QED) is 0.568. The van der Waals surface area contributed by atoms with E-state index in [2.05, 4.69) is 13.5 Å². The van der Waals surface area contributed by atoms with E-state index < -0.39 is 0 Å². The van der Waals surface area contributed by atoms with Crippen LogP contribution in [-0.4, -0.2) is 12.7 Å². The highest BCUT2D eigenvalue weighted by Crippen LogP contribution is 2.25. The van der Waals surface area contributed by atoms with Gasteiger partial charge in [-0.3, -0.25) is 0 Å². The molecule has 0 aliphatic heterocycles. The van der Waals surface area contributed by atoms with E-state index in [4.69, 9.17) is 4.74 Å². The van der Waals surface area contributed by atoms with E-state index in [9.17, 15) is 0 Å². The van der Waals surface area contributed by atoms with E-state index >= 15 is 0 Å². The van der Waals surface area contributed by atoms with Crippen molar-refractivity contribution in [3.05, 3.63) is 12.7 Å². The summed E-state index contributed by atoms with van der Waals surface area (Å²) in [7, 11) is 0. The fourth-order valence-corrected chi connectivity index (χ4v) is 1.73. The lowest BCUT2D eigenvalue weighted by Gasteiger charge is -2.26. The van der Waals surface area contributed by atoms with E-state index in [0.29, 0.717) is 6.10 Å². The van der Waals surface area contributed by atoms with E-state index in [1.165, 1.54) is 25.7 Å². The average molecular weight is 154 g/mol. The summed E-state index contributed by atoms with van der Waals surface area (Å²) in [5.74, 6) is 0.860. The molecule has 0 aromatic carbocycles. The number of rotatable bonds is 3. The van der Waals surface area contributed by atoms with Gasteiger partial charge in [0.2, 0.25) is 0 Å². The van der Waals surface area contributed by atoms with Crippen LogP contribution < -0.4 is 0 Å². The second kappa shape index (κ2) is 4.55. The fourth-order valence-electron chi connectivity index (χ4n) is 1.73. The lowest BCUT2D eigenvalue weighted by molar-refractivity contribution is 0.0322. The van der Waals surface area contributed by atoms with Gasteiger partial charge in [-0.2, -0.15) is 0 Å². The summed E-state index contributed by atoms with van der Waals surface area (Å²) in [5, 5.41) is 0. The Morgan fingerprint density at radius 3 is 3.00 bits per heavy atom. The predicted molar refractivity (Wildman–Crippen MR) is 47.6 cm³/mol. The van der Waals surface area contributed by atoms with Gasteiger partial charge in [0.25, 0.3) is 0 Å². The monoisotopic (exact) mass is 154 g/mol. The Labute approximate surface area is 69.4 Å². The number of ether oxygens (including phenoxy) is 1. The highest BCUT2D eigenvalue weighted by molar-refractivity contribution is 4.73. The summed E-state index contributed by atoms with van der Waals surface area (Å²) in [6.07, 6.45) is 7.55. The normalized spacial score (nSPS) is 31.7. The van der Waals surface area contributed by atoms with Crippen LogP contribution >= 0.6 is 0 Å². The molecule has 1 rings (SSSR count). The van der Waals surface area contributed by atoms with Crippen molar-refractivity contribution < 1.29 is 4.74 Å². The van der Waals surface area contributed by atoms with Crippen molar-refractivity contribution in [2.24, 2.45) is 5.92 Å². The second-order valence-electron chi connectivity index (χ2n) is 3.52. The Bertz CT molecular complexity index is 120. The minimum atomic E-state index is 0.511. The third-order valence-corrected chi connectivity index (χ3v) is 2.34. The van der Waals surface area contributed by atoms with Gasteiger partial charge in [-0.25, -0.2) is 0 Å². The Morgan fingerprint density at radius 1 is 1.55 bits per heavy atom. The molecule has 0 aromatic heterocycles. The molecular formula is C10H18O. The molecule has 2 atom stereocenters. The minimum absolute atomic E-state index is 0.511. The molecule has 2 unspecified atom stereocenters. The molecule has 1 fully saturated rings. The van der Waals surface area contributed by atoms with Crippen molar-refractivity contribution >= 4 is 0 Å². The van der Waals surface area contributed by atoms with E-state index in [1.807, 2.05) is 6.08 Å². The molecule has 1 saturated carbocycles. The summed E-state index contributed by atoms with van der Waals surface area (Å²) in [6, 6.07) is 0. The second-order valence-corrected chi connectivity index (χ2v) is 3.52. The van der Waals surface area contributed by atoms with Gasteiger partial charge in [0.1, 0.15) is 0 Å². The Balaban J connectivity index is 2.17. The summed E-state index contributed by atoms with van der Waals surface area (Å²) >= 11 is 0. The Morgan fingerprint density at radius 2 is 2.36 bits per heavy atom. The third-order valence-electron chi connectivity index (χ3n) is 2.34. The lowest BCUT2D eigenvalue weighted by Crippen LogP contribution is -2.21. The molecule has 0 N–H and O–H groups in total. The SMILES string of the molecule is C=CCOC1CCCC(C)C1. The molecule has 1 aliphatic rings. The molecule has 11 heavy (non-hydrogen) atoms. The fraction of sp³-hybridized carbons (Fsp3) is 0.800. The van der Waals surface area contributed by atoms with Crippen LogP contribution in [0.1, 0.15) is 32.6 Å². The van der Waals surface area contributed by atoms with E-state index in [-0.39, 0.29) is 0 Å². The first-order valence-corrected chi connectivity index (χ1v) is 4.55. The van der Waals surface area contributed by atoms with Gasteiger partial charge < -0.3 is 4.74 Å². The van der Waals surface area contributed by atoms with Gasteiger partial charge in [-0.15, -0.1) is 6.58 Å². The Hall–Kier alpha value is -0.300. The van der Waals surface area contributed by atoms with Crippen molar-refractivity contribution in [3.8, 4) is 0 Å². The van der Waals surface area contributed by atoms with Crippen molar-refractivity contribution in [2.45, 2.75) is 38.7 Å². The molecule has 0 amide bonds. The van der Waals surface area contributed by atoms with Crippen molar-refractivity contribution in [2.75, 3.05) is 6.61 Å². The van der Waals surface area contributed by atoms with Crippen LogP contribution in [0.2, 0.25) is 0 Å². The molecule has 0 spiro atoms. The summed E-state index contributed by atoms with van der Waals surface area (Å²) in [4.78, 5) is 0. The largest absolute Gasteiger partial charge is 0.374 e.